The van der Waals surface area contributed by atoms with Crippen molar-refractivity contribution in [3.8, 4) is 0 Å². The average molecular weight is 3110 g/mol. The quantitative estimate of drug-likeness (QED) is 0.117. The van der Waals surface area contributed by atoms with Gasteiger partial charge in [0.05, 0.1) is 0 Å². The van der Waals surface area contributed by atoms with Crippen LogP contribution in [0.2, 0.25) is 0 Å². The minimum Gasteiger partial charge on any atom is -0.394 e. The standard InChI is InChI=1S/2C18H24.C13H21N.C12H21.2C12H20.3C12H21.C12H20.7W/c1-17(2,3)15-11-13-9-7-8-10-14(13)12-16(15)18(4,5)6;1-17(2,3)15-11-12-16(18(4,5)6)14-10-8-7-9-13(14)15;1-12(2,3)10-7-8-11(14-9-10)13(4,5)6;1-10(12(5,6)7)8-9-11(2,3)4;2*1-11(2,3)9-7-8-10-12(4,5)6;4*1-8-10(12(5,6)7)9-11(2,3)4;;;;;;;/h2*7-12H,1-6H3;7-9H,1-6H3;8H,1H2,2-7H3;2*7-8H,1-6H3;3*8H,1H2,2-7H3;1,8H,2-7H3;;;;;;;/q;;;-1;2*-2;3*-1;-2;;;;;3*+2. The zero-order chi connectivity index (χ0) is 108. The van der Waals surface area contributed by atoms with Gasteiger partial charge in [0.25, 0.3) is 0 Å². The van der Waals surface area contributed by atoms with E-state index >= 15 is 0 Å². The molecular formula is C133H213NW7-4. The topological polar surface area (TPSA) is 12.9 Å². The van der Waals surface area contributed by atoms with Crippen LogP contribution in [-0.2, 0) is 180 Å². The molecule has 0 fully saturated rings. The van der Waals surface area contributed by atoms with Crippen LogP contribution < -0.4 is 0 Å². The van der Waals surface area contributed by atoms with Gasteiger partial charge in [-0.25, -0.2) is 41.0 Å². The number of pyridine rings is 1. The third-order valence-electron chi connectivity index (χ3n) is 19.4. The van der Waals surface area contributed by atoms with E-state index in [1.165, 1.54) is 66.1 Å². The van der Waals surface area contributed by atoms with Crippen LogP contribution in [0.15, 0.2) is 200 Å². The number of nitrogens with zero attached hydrogens (tertiary/aromatic N) is 1. The van der Waals surface area contributed by atoms with Gasteiger partial charge < -0.3 is 72.9 Å². The van der Waals surface area contributed by atoms with Crippen LogP contribution in [0.4, 0.5) is 0 Å². The van der Waals surface area contributed by atoms with Crippen molar-refractivity contribution in [3.63, 3.8) is 0 Å². The molecule has 0 aliphatic rings. The summed E-state index contributed by atoms with van der Waals surface area (Å²) in [5, 5.41) is 5.49. The van der Waals surface area contributed by atoms with Crippen LogP contribution in [0.5, 0.6) is 0 Å². The maximum Gasteiger partial charge on any atom is 2.00 e. The molecule has 0 N–H and O–H groups in total. The molecule has 0 aliphatic heterocycles. The number of rotatable bonds is 7. The molecule has 4 aromatic carbocycles. The summed E-state index contributed by atoms with van der Waals surface area (Å²) < 4.78 is 0. The second-order valence-corrected chi connectivity index (χ2v) is 56.9. The van der Waals surface area contributed by atoms with E-state index in [0.29, 0.717) is 0 Å². The van der Waals surface area contributed by atoms with Gasteiger partial charge in [-0.05, 0) is 98.7 Å². The van der Waals surface area contributed by atoms with Gasteiger partial charge in [-0.2, -0.15) is 31.9 Å². The van der Waals surface area contributed by atoms with Crippen molar-refractivity contribution >= 4 is 21.5 Å². The van der Waals surface area contributed by atoms with E-state index in [1.54, 1.807) is 6.08 Å². The minimum absolute atomic E-state index is 0. The average Bonchev–Trinajstić information content (AvgIpc) is 0.770. The van der Waals surface area contributed by atoms with Gasteiger partial charge in [0, 0.05) is 102 Å². The fourth-order valence-electron chi connectivity index (χ4n) is 11.8. The molecule has 0 amide bonds. The molecule has 5 aromatic rings. The van der Waals surface area contributed by atoms with Crippen LogP contribution in [0.3, 0.4) is 0 Å². The summed E-state index contributed by atoms with van der Waals surface area (Å²) in [5.74, 6) is 0. The third-order valence-corrected chi connectivity index (χ3v) is 19.4. The van der Waals surface area contributed by atoms with E-state index in [1.807, 2.05) is 54.8 Å². The second kappa shape index (κ2) is 66.5. The van der Waals surface area contributed by atoms with Crippen molar-refractivity contribution in [1.29, 1.82) is 0 Å². The van der Waals surface area contributed by atoms with Crippen molar-refractivity contribution in [3.05, 3.63) is 295 Å². The molecule has 0 radical (unpaired) electrons. The predicted octanol–water partition coefficient (Wildman–Crippen LogP) is 41.9. The fraction of sp³-hybridized carbons (Fsp3) is 0.602. The summed E-state index contributed by atoms with van der Waals surface area (Å²) in [7, 11) is 0. The molecule has 0 atom stereocenters. The summed E-state index contributed by atoms with van der Waals surface area (Å²) in [6.07, 6.45) is 49.2. The van der Waals surface area contributed by atoms with Crippen molar-refractivity contribution in [2.75, 3.05) is 0 Å². The van der Waals surface area contributed by atoms with Gasteiger partial charge >= 0.3 is 63.2 Å². The van der Waals surface area contributed by atoms with Gasteiger partial charge in [-0.3, -0.25) is 29.3 Å². The molecule has 0 saturated carbocycles. The van der Waals surface area contributed by atoms with Crippen LogP contribution in [0.1, 0.15) is 449 Å². The Bertz CT molecular complexity index is 4230. The van der Waals surface area contributed by atoms with Crippen molar-refractivity contribution in [2.24, 2.45) is 75.8 Å². The Morgan fingerprint density at radius 1 is 0.262 bits per heavy atom. The number of fused-ring (bicyclic) bond motifs is 2. The molecular weight excluding hydrogens is 2900 g/mol. The van der Waals surface area contributed by atoms with Gasteiger partial charge in [-0.1, -0.05) is 521 Å². The van der Waals surface area contributed by atoms with Gasteiger partial charge in [-0.15, -0.1) is 32.5 Å². The SMILES string of the molecule is C=C(C=[C-]C(C)(C)C)C(C)(C)C.C=CC(=[C-]C(C)(C)C)C(C)(C)C.C=CC(=[C-]C(C)(C)C)C(C)(C)C.C=CC(=[C-]C(C)(C)C)C(C)(C)C.CC(C)(C)[C-]=CC=[C-]C(C)(C)C.CC(C)(C)[C-]=CC=[C-]C(C)(C)C.CC(C)(C)c1cc2ccccc2cc1C(C)(C)C.CC(C)(C)c1ccc(C(C)(C)C)c2ccccc12.CC(C)(C)c1ccc(C(C)(C)C)nc1.[CH-]=CC(=[C-]C(C)(C)C)C(C)(C)C.[W+2].[W+2].[W+2].[W].[W].[W].[W]. The van der Waals surface area contributed by atoms with E-state index < -0.39 is 0 Å². The molecule has 0 bridgehead atoms. The molecule has 8 heteroatoms. The van der Waals surface area contributed by atoms with E-state index in [4.69, 9.17) is 6.58 Å². The first kappa shape index (κ1) is 164. The van der Waals surface area contributed by atoms with E-state index in [0.717, 1.165) is 16.8 Å². The Morgan fingerprint density at radius 3 is 0.638 bits per heavy atom. The summed E-state index contributed by atoms with van der Waals surface area (Å²) in [6, 6.07) is 31.1. The van der Waals surface area contributed by atoms with Crippen molar-refractivity contribution in [2.45, 2.75) is 448 Å². The van der Waals surface area contributed by atoms with Crippen molar-refractivity contribution < 1.29 is 147 Å². The van der Waals surface area contributed by atoms with Crippen molar-refractivity contribution in [1.82, 2.24) is 4.98 Å². The normalized spacial score (nSPS) is 13.3. The molecule has 1 heterocycles. The Morgan fingerprint density at radius 2 is 0.489 bits per heavy atom. The maximum absolute atomic E-state index is 5.54. The zero-order valence-corrected chi connectivity index (χ0v) is 123. The van der Waals surface area contributed by atoms with Gasteiger partial charge in [0.2, 0.25) is 0 Å². The van der Waals surface area contributed by atoms with Crippen LogP contribution in [-0.4, -0.2) is 4.98 Å². The van der Waals surface area contributed by atoms with Gasteiger partial charge in [0.15, 0.2) is 0 Å². The van der Waals surface area contributed by atoms with Crippen LogP contribution in [0.25, 0.3) is 21.5 Å². The van der Waals surface area contributed by atoms with E-state index in [9.17, 15) is 0 Å². The molecule has 796 valence electrons. The Hall–Kier alpha value is -2.27. The first-order valence-corrected chi connectivity index (χ1v) is 49.6. The molecule has 0 spiro atoms. The number of aromatic nitrogens is 1. The summed E-state index contributed by atoms with van der Waals surface area (Å²) in [6.45, 7) is 152. The Labute approximate surface area is 982 Å². The number of allylic oxidation sites excluding steroid dienone is 23. The number of hydrogen-bond donors (Lipinski definition) is 0. The van der Waals surface area contributed by atoms with Gasteiger partial charge in [0.1, 0.15) is 0 Å². The van der Waals surface area contributed by atoms with E-state index in [2.05, 4.69) is 586 Å². The predicted molar refractivity (Wildman–Crippen MR) is 611 cm³/mol. The molecule has 0 unspecified atom stereocenters. The largest absolute Gasteiger partial charge is 2.00 e. The first-order valence-electron chi connectivity index (χ1n) is 49.6. The van der Waals surface area contributed by atoms with Crippen LogP contribution >= 0.6 is 0 Å². The number of benzene rings is 4. The molecule has 0 saturated heterocycles. The third kappa shape index (κ3) is 85.0. The molecule has 1 nitrogen and oxygen atoms in total. The summed E-state index contributed by atoms with van der Waals surface area (Å²) >= 11 is 0. The second-order valence-electron chi connectivity index (χ2n) is 56.9. The minimum atomic E-state index is 0. The zero-order valence-electron chi connectivity index (χ0n) is 103. The summed E-state index contributed by atoms with van der Waals surface area (Å²) in [4.78, 5) is 4.52. The summed E-state index contributed by atoms with van der Waals surface area (Å²) in [5.41, 5.74) is 17.1. The Kier molecular flexibility index (Phi) is 77.3. The number of hydrogen-bond acceptors (Lipinski definition) is 1. The smallest absolute Gasteiger partial charge is 0.394 e. The van der Waals surface area contributed by atoms with Crippen LogP contribution in [0, 0.1) is 137 Å². The fourth-order valence-corrected chi connectivity index (χ4v) is 11.8. The maximum atomic E-state index is 5.54. The Balaban J connectivity index is -0.000000131. The molecule has 5 rings (SSSR count). The monoisotopic (exact) mass is 3110 g/mol. The first-order chi connectivity index (χ1) is 58.8. The molecule has 1 aromatic heterocycles. The molecule has 0 aliphatic carbocycles. The van der Waals surface area contributed by atoms with E-state index in [-0.39, 0.29) is 256 Å². The molecule has 141 heavy (non-hydrogen) atoms.